The maximum absolute atomic E-state index is 12.4. The number of rotatable bonds is 10. The molecule has 0 amide bonds. The molecule has 0 heterocycles. The Hall–Kier alpha value is -2.14. The lowest BCUT2D eigenvalue weighted by molar-refractivity contribution is -0.132. The number of carboxylic acid groups (broad SMARTS) is 1. The first-order valence-corrected chi connectivity index (χ1v) is 8.18. The van der Waals surface area contributed by atoms with Gasteiger partial charge in [-0.15, -0.1) is 13.2 Å². The zero-order valence-electron chi connectivity index (χ0n) is 12.8. The van der Waals surface area contributed by atoms with Gasteiger partial charge in [0.25, 0.3) is 0 Å². The molecule has 0 fully saturated rings. The van der Waals surface area contributed by atoms with E-state index in [1.807, 2.05) is 0 Å². The van der Waals surface area contributed by atoms with Gasteiger partial charge in [-0.25, -0.2) is 9.36 Å². The lowest BCUT2D eigenvalue weighted by Gasteiger charge is -2.17. The van der Waals surface area contributed by atoms with Crippen molar-refractivity contribution in [3.05, 3.63) is 60.7 Å². The predicted molar refractivity (Wildman–Crippen MR) is 88.3 cm³/mol. The molecule has 0 saturated heterocycles. The molecule has 1 aromatic rings. The minimum Gasteiger partial charge on any atom is -0.478 e. The number of hydrogen-bond acceptors (Lipinski definition) is 5. The highest BCUT2D eigenvalue weighted by atomic mass is 31.2. The van der Waals surface area contributed by atoms with E-state index in [9.17, 15) is 9.36 Å². The van der Waals surface area contributed by atoms with Crippen LogP contribution >= 0.6 is 7.82 Å². The van der Waals surface area contributed by atoms with Gasteiger partial charge in [0.2, 0.25) is 0 Å². The van der Waals surface area contributed by atoms with Crippen LogP contribution in [0.3, 0.4) is 0 Å². The molecule has 6 nitrogen and oxygen atoms in total. The fourth-order valence-electron chi connectivity index (χ4n) is 1.44. The summed E-state index contributed by atoms with van der Waals surface area (Å²) >= 11 is 0. The van der Waals surface area contributed by atoms with Crippen LogP contribution in [0.15, 0.2) is 55.1 Å². The van der Waals surface area contributed by atoms with E-state index in [2.05, 4.69) is 13.2 Å². The largest absolute Gasteiger partial charge is 0.530 e. The molecule has 23 heavy (non-hydrogen) atoms. The Morgan fingerprint density at radius 2 is 1.70 bits per heavy atom. The number of aliphatic carboxylic acids is 1. The van der Waals surface area contributed by atoms with Crippen molar-refractivity contribution in [3.63, 3.8) is 0 Å². The molecule has 0 spiro atoms. The number of carboxylic acids is 1. The van der Waals surface area contributed by atoms with Crippen LogP contribution in [0.4, 0.5) is 0 Å². The third kappa shape index (κ3) is 6.65. The highest BCUT2D eigenvalue weighted by Crippen LogP contribution is 2.49. The normalized spacial score (nSPS) is 11.8. The topological polar surface area (TPSA) is 82.1 Å². The molecule has 1 rings (SSSR count). The maximum atomic E-state index is 12.4. The maximum Gasteiger partial charge on any atom is 0.530 e. The van der Waals surface area contributed by atoms with Crippen LogP contribution < -0.4 is 4.52 Å². The smallest absolute Gasteiger partial charge is 0.478 e. The second-order valence-electron chi connectivity index (χ2n) is 4.41. The Morgan fingerprint density at radius 3 is 2.13 bits per heavy atom. The van der Waals surface area contributed by atoms with Gasteiger partial charge in [0, 0.05) is 5.57 Å². The summed E-state index contributed by atoms with van der Waals surface area (Å²) in [4.78, 5) is 10.8. The standard InChI is InChI=1S/C16H19O6P/c1-4-10-20-23(19,21-11-5-2)22-15-8-6-14(7-9-15)12-13(3)16(17)18/h4-9,12H,1-2,10-11H2,3H3,(H,17,18)/b13-12+. The first kappa shape index (κ1) is 18.9. The third-order valence-electron chi connectivity index (χ3n) is 2.52. The van der Waals surface area contributed by atoms with Crippen molar-refractivity contribution in [1.82, 2.24) is 0 Å². The van der Waals surface area contributed by atoms with E-state index in [0.717, 1.165) is 0 Å². The summed E-state index contributed by atoms with van der Waals surface area (Å²) in [5.41, 5.74) is 0.874. The fraction of sp³-hybridized carbons (Fsp3) is 0.188. The van der Waals surface area contributed by atoms with Gasteiger partial charge in [-0.2, -0.15) is 0 Å². The lowest BCUT2D eigenvalue weighted by Crippen LogP contribution is -2.03. The quantitative estimate of drug-likeness (QED) is 0.393. The van der Waals surface area contributed by atoms with Crippen LogP contribution in [0.25, 0.3) is 6.08 Å². The van der Waals surface area contributed by atoms with Gasteiger partial charge < -0.3 is 9.63 Å². The summed E-state index contributed by atoms with van der Waals surface area (Å²) in [6.45, 7) is 8.45. The molecule has 0 atom stereocenters. The highest BCUT2D eigenvalue weighted by molar-refractivity contribution is 7.48. The molecule has 7 heteroatoms. The molecule has 1 aromatic carbocycles. The van der Waals surface area contributed by atoms with Crippen molar-refractivity contribution in [2.45, 2.75) is 6.92 Å². The van der Waals surface area contributed by atoms with Gasteiger partial charge in [0.15, 0.2) is 0 Å². The SMILES string of the molecule is C=CCOP(=O)(OCC=C)Oc1ccc(/C=C(\C)C(=O)O)cc1. The Kier molecular flexibility index (Phi) is 7.48. The molecule has 0 aliphatic heterocycles. The van der Waals surface area contributed by atoms with Crippen LogP contribution in [-0.4, -0.2) is 24.3 Å². The minimum absolute atomic E-state index is 0.00699. The summed E-state index contributed by atoms with van der Waals surface area (Å²) in [5.74, 6) is -0.725. The van der Waals surface area contributed by atoms with E-state index in [1.54, 1.807) is 24.3 Å². The third-order valence-corrected chi connectivity index (χ3v) is 3.88. The second kappa shape index (κ2) is 9.10. The van der Waals surface area contributed by atoms with Crippen LogP contribution in [0.5, 0.6) is 5.75 Å². The summed E-state index contributed by atoms with van der Waals surface area (Å²) in [5, 5.41) is 8.84. The zero-order valence-corrected chi connectivity index (χ0v) is 13.7. The number of benzene rings is 1. The van der Waals surface area contributed by atoms with Gasteiger partial charge in [-0.3, -0.25) is 9.05 Å². The molecular formula is C16H19O6P. The molecule has 0 radical (unpaired) electrons. The summed E-state index contributed by atoms with van der Waals surface area (Å²) in [6.07, 6.45) is 4.36. The first-order chi connectivity index (χ1) is 10.9. The molecule has 0 bridgehead atoms. The van der Waals surface area contributed by atoms with Gasteiger partial charge >= 0.3 is 13.8 Å². The number of carbonyl (C=O) groups is 1. The average Bonchev–Trinajstić information content (AvgIpc) is 2.53. The molecule has 0 saturated carbocycles. The van der Waals surface area contributed by atoms with Crippen LogP contribution in [0.1, 0.15) is 12.5 Å². The Labute approximate surface area is 135 Å². The average molecular weight is 338 g/mol. The van der Waals surface area contributed by atoms with Crippen molar-refractivity contribution >= 4 is 19.9 Å². The molecule has 0 aromatic heterocycles. The van der Waals surface area contributed by atoms with Gasteiger partial charge in [-0.05, 0) is 30.7 Å². The van der Waals surface area contributed by atoms with E-state index < -0.39 is 13.8 Å². The number of phosphoric ester groups is 1. The summed E-state index contributed by atoms with van der Waals surface area (Å²) < 4.78 is 27.8. The van der Waals surface area contributed by atoms with Gasteiger partial charge in [-0.1, -0.05) is 24.3 Å². The summed E-state index contributed by atoms with van der Waals surface area (Å²) in [6, 6.07) is 6.35. The van der Waals surface area contributed by atoms with E-state index in [-0.39, 0.29) is 24.5 Å². The first-order valence-electron chi connectivity index (χ1n) is 6.72. The van der Waals surface area contributed by atoms with E-state index >= 15 is 0 Å². The van der Waals surface area contributed by atoms with E-state index in [0.29, 0.717) is 5.56 Å². The van der Waals surface area contributed by atoms with Crippen LogP contribution in [0, 0.1) is 0 Å². The molecule has 1 N–H and O–H groups in total. The number of phosphoric acid groups is 1. The van der Waals surface area contributed by atoms with Crippen LogP contribution in [-0.2, 0) is 18.4 Å². The monoisotopic (exact) mass is 338 g/mol. The van der Waals surface area contributed by atoms with Crippen molar-refractivity contribution in [2.24, 2.45) is 0 Å². The van der Waals surface area contributed by atoms with Crippen molar-refractivity contribution in [2.75, 3.05) is 13.2 Å². The fourth-order valence-corrected chi connectivity index (χ4v) is 2.58. The molecular weight excluding hydrogens is 319 g/mol. The van der Waals surface area contributed by atoms with Crippen molar-refractivity contribution in [1.29, 1.82) is 0 Å². The van der Waals surface area contributed by atoms with Crippen LogP contribution in [0.2, 0.25) is 0 Å². The zero-order chi connectivity index (χ0) is 17.3. The van der Waals surface area contributed by atoms with Crippen molar-refractivity contribution in [3.8, 4) is 5.75 Å². The molecule has 0 aliphatic rings. The Balaban J connectivity index is 2.86. The molecule has 0 unspecified atom stereocenters. The molecule has 0 aliphatic carbocycles. The van der Waals surface area contributed by atoms with E-state index in [1.165, 1.54) is 25.2 Å². The Morgan fingerprint density at radius 1 is 1.17 bits per heavy atom. The Bertz CT molecular complexity index is 616. The number of hydrogen-bond donors (Lipinski definition) is 1. The van der Waals surface area contributed by atoms with E-state index in [4.69, 9.17) is 18.7 Å². The van der Waals surface area contributed by atoms with Crippen molar-refractivity contribution < 1.29 is 28.0 Å². The highest BCUT2D eigenvalue weighted by Gasteiger charge is 2.27. The molecule has 124 valence electrons. The minimum atomic E-state index is -3.78. The summed E-state index contributed by atoms with van der Waals surface area (Å²) in [7, 11) is -3.78. The van der Waals surface area contributed by atoms with Gasteiger partial charge in [0.1, 0.15) is 5.75 Å². The van der Waals surface area contributed by atoms with Gasteiger partial charge in [0.05, 0.1) is 13.2 Å². The second-order valence-corrected chi connectivity index (χ2v) is 6.00. The predicted octanol–water partition coefficient (Wildman–Crippen LogP) is 4.07. The lowest BCUT2D eigenvalue weighted by atomic mass is 10.1.